The van der Waals surface area contributed by atoms with Crippen molar-refractivity contribution in [3.8, 4) is 10.4 Å². The highest BCUT2D eigenvalue weighted by atomic mass is 32.2. The maximum atomic E-state index is 13.6. The fourth-order valence-corrected chi connectivity index (χ4v) is 6.16. The normalized spacial score (nSPS) is 14.7. The molecule has 0 aliphatic carbocycles. The van der Waals surface area contributed by atoms with Crippen molar-refractivity contribution in [3.05, 3.63) is 65.2 Å². The first-order valence-electron chi connectivity index (χ1n) is 10.2. The van der Waals surface area contributed by atoms with Crippen molar-refractivity contribution < 1.29 is 17.2 Å². The van der Waals surface area contributed by atoms with E-state index in [2.05, 4.69) is 22.7 Å². The summed E-state index contributed by atoms with van der Waals surface area (Å²) in [5.74, 6) is -1.91. The number of halogens is 2. The Hall–Kier alpha value is -2.49. The van der Waals surface area contributed by atoms with Gasteiger partial charge in [0.15, 0.2) is 11.6 Å². The molecule has 1 aliphatic heterocycles. The largest absolute Gasteiger partial charge is 0.376 e. The van der Waals surface area contributed by atoms with Gasteiger partial charge in [0.1, 0.15) is 4.21 Å². The number of hydrogen-bond donors (Lipinski definition) is 1. The summed E-state index contributed by atoms with van der Waals surface area (Å²) in [6.45, 7) is 1.88. The van der Waals surface area contributed by atoms with Crippen LogP contribution >= 0.6 is 11.3 Å². The van der Waals surface area contributed by atoms with Crippen molar-refractivity contribution in [1.29, 1.82) is 0 Å². The zero-order valence-corrected chi connectivity index (χ0v) is 19.8. The molecule has 2 aromatic carbocycles. The second kappa shape index (κ2) is 8.80. The van der Waals surface area contributed by atoms with E-state index in [0.29, 0.717) is 16.1 Å². The SMILES string of the molecule is CN1CCc2cc(NS(=O)(=O)c3ccc(-c4ccc(F)c(F)c4)s3)c(N(C)C)cc2CC1. The minimum atomic E-state index is -3.86. The molecule has 0 spiro atoms. The molecule has 0 unspecified atom stereocenters. The van der Waals surface area contributed by atoms with Gasteiger partial charge in [0.05, 0.1) is 11.4 Å². The van der Waals surface area contributed by atoms with Crippen LogP contribution < -0.4 is 9.62 Å². The Balaban J connectivity index is 1.66. The van der Waals surface area contributed by atoms with Crippen LogP contribution in [0.2, 0.25) is 0 Å². The summed E-state index contributed by atoms with van der Waals surface area (Å²) in [6, 6.07) is 10.6. The first-order valence-corrected chi connectivity index (χ1v) is 12.5. The lowest BCUT2D eigenvalue weighted by atomic mass is 10.0. The first-order chi connectivity index (χ1) is 15.1. The second-order valence-corrected chi connectivity index (χ2v) is 11.2. The van der Waals surface area contributed by atoms with Crippen molar-refractivity contribution in [1.82, 2.24) is 4.90 Å². The Morgan fingerprint density at radius 1 is 0.969 bits per heavy atom. The van der Waals surface area contributed by atoms with E-state index in [4.69, 9.17) is 0 Å². The van der Waals surface area contributed by atoms with Crippen molar-refractivity contribution in [2.24, 2.45) is 0 Å². The van der Waals surface area contributed by atoms with Crippen LogP contribution in [0.1, 0.15) is 11.1 Å². The fraction of sp³-hybridized carbons (Fsp3) is 0.304. The number of rotatable bonds is 5. The van der Waals surface area contributed by atoms with E-state index in [0.717, 1.165) is 60.7 Å². The van der Waals surface area contributed by atoms with Gasteiger partial charge in [-0.25, -0.2) is 17.2 Å². The Kier molecular flexibility index (Phi) is 6.24. The average Bonchev–Trinajstić information content (AvgIpc) is 3.17. The van der Waals surface area contributed by atoms with Crippen LogP contribution in [0.3, 0.4) is 0 Å². The third-order valence-electron chi connectivity index (χ3n) is 5.62. The number of thiophene rings is 1. The van der Waals surface area contributed by atoms with E-state index in [1.807, 2.05) is 25.1 Å². The zero-order valence-electron chi connectivity index (χ0n) is 18.2. The van der Waals surface area contributed by atoms with Crippen LogP contribution in [0.5, 0.6) is 0 Å². The van der Waals surface area contributed by atoms with Gasteiger partial charge in [0, 0.05) is 32.1 Å². The molecule has 2 heterocycles. The molecule has 0 saturated heterocycles. The predicted molar refractivity (Wildman–Crippen MR) is 126 cm³/mol. The van der Waals surface area contributed by atoms with Crippen LogP contribution in [0.25, 0.3) is 10.4 Å². The van der Waals surface area contributed by atoms with Gasteiger partial charge in [-0.2, -0.15) is 0 Å². The number of anilines is 2. The highest BCUT2D eigenvalue weighted by Crippen LogP contribution is 2.35. The standard InChI is InChI=1S/C23H25F2N3O2S2/c1-27(2)21-14-16-9-11-28(3)10-8-15(16)13-20(21)26-32(29,30)23-7-6-22(31-23)17-4-5-18(24)19(25)12-17/h4-7,12-14,26H,8-11H2,1-3H3. The minimum absolute atomic E-state index is 0.108. The molecule has 0 amide bonds. The molecule has 1 N–H and O–H groups in total. The molecule has 3 aromatic rings. The number of nitrogens with one attached hydrogen (secondary N) is 1. The molecule has 1 aromatic heterocycles. The van der Waals surface area contributed by atoms with E-state index in [9.17, 15) is 17.2 Å². The van der Waals surface area contributed by atoms with Gasteiger partial charge < -0.3 is 9.80 Å². The molecule has 4 rings (SSSR count). The van der Waals surface area contributed by atoms with Gasteiger partial charge >= 0.3 is 0 Å². The average molecular weight is 478 g/mol. The lowest BCUT2D eigenvalue weighted by molar-refractivity contribution is 0.352. The van der Waals surface area contributed by atoms with Crippen molar-refractivity contribution in [3.63, 3.8) is 0 Å². The van der Waals surface area contributed by atoms with Gasteiger partial charge in [-0.3, -0.25) is 4.72 Å². The number of fused-ring (bicyclic) bond motifs is 1. The Morgan fingerprint density at radius 3 is 2.31 bits per heavy atom. The number of sulfonamides is 1. The van der Waals surface area contributed by atoms with E-state index in [-0.39, 0.29) is 4.21 Å². The van der Waals surface area contributed by atoms with E-state index >= 15 is 0 Å². The third kappa shape index (κ3) is 4.65. The monoisotopic (exact) mass is 477 g/mol. The highest BCUT2D eigenvalue weighted by Gasteiger charge is 2.22. The molecule has 0 bridgehead atoms. The van der Waals surface area contributed by atoms with Gasteiger partial charge in [-0.15, -0.1) is 11.3 Å². The topological polar surface area (TPSA) is 52.7 Å². The number of benzene rings is 2. The summed E-state index contributed by atoms with van der Waals surface area (Å²) in [7, 11) is 2.00. The molecule has 0 atom stereocenters. The summed E-state index contributed by atoms with van der Waals surface area (Å²) in [6.07, 6.45) is 1.77. The molecule has 0 saturated carbocycles. The van der Waals surface area contributed by atoms with Crippen molar-refractivity contribution in [2.75, 3.05) is 43.9 Å². The maximum absolute atomic E-state index is 13.6. The summed E-state index contributed by atoms with van der Waals surface area (Å²) < 4.78 is 56.0. The smallest absolute Gasteiger partial charge is 0.271 e. The minimum Gasteiger partial charge on any atom is -0.376 e. The van der Waals surface area contributed by atoms with Crippen LogP contribution in [0, 0.1) is 11.6 Å². The fourth-order valence-electron chi connectivity index (χ4n) is 3.79. The number of likely N-dealkylation sites (N-methyl/N-ethyl adjacent to an activating group) is 1. The molecule has 9 heteroatoms. The molecule has 0 fully saturated rings. The van der Waals surface area contributed by atoms with E-state index < -0.39 is 21.7 Å². The summed E-state index contributed by atoms with van der Waals surface area (Å²) in [5.41, 5.74) is 4.14. The highest BCUT2D eigenvalue weighted by molar-refractivity contribution is 7.94. The number of hydrogen-bond acceptors (Lipinski definition) is 5. The lowest BCUT2D eigenvalue weighted by Crippen LogP contribution is -2.20. The molecule has 32 heavy (non-hydrogen) atoms. The summed E-state index contributed by atoms with van der Waals surface area (Å²) in [4.78, 5) is 4.71. The molecule has 0 radical (unpaired) electrons. The van der Waals surface area contributed by atoms with Gasteiger partial charge in [0.2, 0.25) is 0 Å². The zero-order chi connectivity index (χ0) is 23.0. The third-order valence-corrected chi connectivity index (χ3v) is 8.61. The van der Waals surface area contributed by atoms with Crippen LogP contribution in [-0.2, 0) is 22.9 Å². The Bertz CT molecular complexity index is 1260. The molecular weight excluding hydrogens is 452 g/mol. The van der Waals surface area contributed by atoms with Crippen molar-refractivity contribution in [2.45, 2.75) is 17.1 Å². The summed E-state index contributed by atoms with van der Waals surface area (Å²) >= 11 is 1.01. The van der Waals surface area contributed by atoms with Crippen LogP contribution in [-0.4, -0.2) is 47.6 Å². The van der Waals surface area contributed by atoms with Crippen LogP contribution in [0.15, 0.2) is 46.7 Å². The lowest BCUT2D eigenvalue weighted by Gasteiger charge is -2.21. The summed E-state index contributed by atoms with van der Waals surface area (Å²) in [5, 5.41) is 0. The van der Waals surface area contributed by atoms with E-state index in [1.54, 1.807) is 6.07 Å². The molecule has 170 valence electrons. The van der Waals surface area contributed by atoms with Gasteiger partial charge in [-0.1, -0.05) is 6.07 Å². The molecule has 1 aliphatic rings. The number of nitrogens with zero attached hydrogens (tertiary/aromatic N) is 2. The van der Waals surface area contributed by atoms with E-state index in [1.165, 1.54) is 17.7 Å². The predicted octanol–water partition coefficient (Wildman–Crippen LogP) is 4.59. The maximum Gasteiger partial charge on any atom is 0.271 e. The first kappa shape index (κ1) is 22.7. The Morgan fingerprint density at radius 2 is 1.66 bits per heavy atom. The quantitative estimate of drug-likeness (QED) is 0.584. The Labute approximate surface area is 191 Å². The molecular formula is C23H25F2N3O2S2. The van der Waals surface area contributed by atoms with Crippen LogP contribution in [0.4, 0.5) is 20.2 Å². The van der Waals surface area contributed by atoms with Gasteiger partial charge in [-0.05, 0) is 73.0 Å². The molecule has 5 nitrogen and oxygen atoms in total. The van der Waals surface area contributed by atoms with Crippen molar-refractivity contribution >= 4 is 32.7 Å². The van der Waals surface area contributed by atoms with Gasteiger partial charge in [0.25, 0.3) is 10.0 Å². The second-order valence-electron chi connectivity index (χ2n) is 8.19.